The molecule has 0 aliphatic carbocycles. The van der Waals surface area contributed by atoms with Crippen LogP contribution in [0.3, 0.4) is 0 Å². The van der Waals surface area contributed by atoms with Crippen molar-refractivity contribution in [2.24, 2.45) is 5.92 Å². The number of aryl methyl sites for hydroxylation is 1. The van der Waals surface area contributed by atoms with Gasteiger partial charge in [-0.1, -0.05) is 24.6 Å². The molecule has 1 amide bonds. The molecule has 1 aromatic heterocycles. The number of carbonyl (C=O) groups excluding carboxylic acids is 2. The average molecular weight is 382 g/mol. The van der Waals surface area contributed by atoms with Crippen LogP contribution in [0.25, 0.3) is 0 Å². The topological polar surface area (TPSA) is 64.4 Å². The molecule has 1 atom stereocenters. The highest BCUT2D eigenvalue weighted by molar-refractivity contribution is 6.33. The van der Waals surface area contributed by atoms with Crippen molar-refractivity contribution in [2.45, 2.75) is 19.9 Å². The molecule has 0 fully saturated rings. The van der Waals surface area contributed by atoms with Crippen molar-refractivity contribution >= 4 is 23.5 Å². The summed E-state index contributed by atoms with van der Waals surface area (Å²) in [7, 11) is 1.29. The molecule has 8 heteroatoms. The van der Waals surface area contributed by atoms with Crippen LogP contribution in [0.1, 0.15) is 23.7 Å². The molecule has 0 bridgehead atoms. The van der Waals surface area contributed by atoms with Gasteiger partial charge in [-0.25, -0.2) is 9.37 Å². The Morgan fingerprint density at radius 2 is 2.19 bits per heavy atom. The Labute approximate surface area is 156 Å². The number of halogens is 2. The van der Waals surface area contributed by atoms with Crippen molar-refractivity contribution in [3.63, 3.8) is 0 Å². The van der Waals surface area contributed by atoms with Crippen molar-refractivity contribution in [1.82, 2.24) is 14.5 Å². The lowest BCUT2D eigenvalue weighted by Crippen LogP contribution is -2.38. The zero-order chi connectivity index (χ0) is 19.1. The van der Waals surface area contributed by atoms with E-state index in [0.717, 1.165) is 0 Å². The van der Waals surface area contributed by atoms with Crippen LogP contribution in [-0.4, -0.2) is 46.5 Å². The number of carbonyl (C=O) groups is 2. The number of imidazole rings is 1. The first-order chi connectivity index (χ1) is 12.4. The summed E-state index contributed by atoms with van der Waals surface area (Å²) in [4.78, 5) is 30.0. The van der Waals surface area contributed by atoms with Crippen LogP contribution in [0.5, 0.6) is 0 Å². The highest BCUT2D eigenvalue weighted by Gasteiger charge is 2.25. The number of amides is 1. The third kappa shape index (κ3) is 5.05. The van der Waals surface area contributed by atoms with Crippen molar-refractivity contribution in [3.8, 4) is 0 Å². The predicted molar refractivity (Wildman–Crippen MR) is 95.3 cm³/mol. The Morgan fingerprint density at radius 1 is 1.42 bits per heavy atom. The second-order valence-electron chi connectivity index (χ2n) is 5.93. The fourth-order valence-electron chi connectivity index (χ4n) is 2.61. The SMILES string of the molecule is COC(=O)C(C)CN(CCCn1ccnc1)C(=O)c1c(F)cccc1Cl. The normalized spacial score (nSPS) is 11.8. The summed E-state index contributed by atoms with van der Waals surface area (Å²) in [5.74, 6) is -2.21. The molecule has 0 radical (unpaired) electrons. The number of rotatable bonds is 8. The summed E-state index contributed by atoms with van der Waals surface area (Å²) < 4.78 is 20.7. The van der Waals surface area contributed by atoms with Crippen molar-refractivity contribution in [1.29, 1.82) is 0 Å². The lowest BCUT2D eigenvalue weighted by atomic mass is 10.1. The Kier molecular flexibility index (Phi) is 7.15. The molecule has 26 heavy (non-hydrogen) atoms. The van der Waals surface area contributed by atoms with E-state index in [1.807, 2.05) is 10.8 Å². The van der Waals surface area contributed by atoms with Gasteiger partial charge in [-0.05, 0) is 18.6 Å². The van der Waals surface area contributed by atoms with Gasteiger partial charge in [0, 0.05) is 32.0 Å². The zero-order valence-electron chi connectivity index (χ0n) is 14.7. The third-order valence-electron chi connectivity index (χ3n) is 3.97. The second kappa shape index (κ2) is 9.33. The summed E-state index contributed by atoms with van der Waals surface area (Å²) in [5.41, 5.74) is -0.186. The highest BCUT2D eigenvalue weighted by Crippen LogP contribution is 2.21. The van der Waals surface area contributed by atoms with Gasteiger partial charge in [-0.15, -0.1) is 0 Å². The molecular weight excluding hydrogens is 361 g/mol. The molecule has 0 saturated heterocycles. The van der Waals surface area contributed by atoms with Crippen LogP contribution >= 0.6 is 11.6 Å². The minimum atomic E-state index is -0.687. The average Bonchev–Trinajstić information content (AvgIpc) is 3.13. The Balaban J connectivity index is 2.15. The first kappa shape index (κ1) is 19.9. The van der Waals surface area contributed by atoms with Crippen LogP contribution in [0.15, 0.2) is 36.9 Å². The van der Waals surface area contributed by atoms with E-state index < -0.39 is 23.6 Å². The van der Waals surface area contributed by atoms with Crippen LogP contribution < -0.4 is 0 Å². The summed E-state index contributed by atoms with van der Waals surface area (Å²) in [6.07, 6.45) is 5.78. The molecule has 1 unspecified atom stereocenters. The quantitative estimate of drug-likeness (QED) is 0.659. The molecule has 0 N–H and O–H groups in total. The van der Waals surface area contributed by atoms with E-state index in [4.69, 9.17) is 16.3 Å². The first-order valence-electron chi connectivity index (χ1n) is 8.21. The molecule has 1 aromatic carbocycles. The van der Waals surface area contributed by atoms with Crippen LogP contribution in [0, 0.1) is 11.7 Å². The number of hydrogen-bond acceptors (Lipinski definition) is 4. The summed E-state index contributed by atoms with van der Waals surface area (Å²) in [6.45, 7) is 2.75. The number of nitrogens with zero attached hydrogens (tertiary/aromatic N) is 3. The molecule has 0 saturated carbocycles. The molecule has 140 valence electrons. The second-order valence-corrected chi connectivity index (χ2v) is 6.33. The molecular formula is C18H21ClFN3O3. The molecule has 2 rings (SSSR count). The largest absolute Gasteiger partial charge is 0.469 e. The maximum absolute atomic E-state index is 14.1. The summed E-state index contributed by atoms with van der Waals surface area (Å²) >= 11 is 6.02. The number of esters is 1. The van der Waals surface area contributed by atoms with Gasteiger partial charge in [0.1, 0.15) is 5.82 Å². The van der Waals surface area contributed by atoms with Gasteiger partial charge in [0.2, 0.25) is 0 Å². The van der Waals surface area contributed by atoms with Gasteiger partial charge >= 0.3 is 5.97 Å². The minimum Gasteiger partial charge on any atom is -0.469 e. The van der Waals surface area contributed by atoms with Crippen LogP contribution in [0.4, 0.5) is 4.39 Å². The summed E-state index contributed by atoms with van der Waals surface area (Å²) in [5, 5.41) is 0.0420. The monoisotopic (exact) mass is 381 g/mol. The van der Waals surface area contributed by atoms with Gasteiger partial charge in [0.25, 0.3) is 5.91 Å². The van der Waals surface area contributed by atoms with Crippen molar-refractivity contribution in [3.05, 3.63) is 53.3 Å². The Morgan fingerprint density at radius 3 is 2.81 bits per heavy atom. The van der Waals surface area contributed by atoms with E-state index in [9.17, 15) is 14.0 Å². The molecule has 2 aromatic rings. The molecule has 0 aliphatic rings. The van der Waals surface area contributed by atoms with Gasteiger partial charge in [-0.2, -0.15) is 0 Å². The smallest absolute Gasteiger partial charge is 0.310 e. The molecule has 1 heterocycles. The highest BCUT2D eigenvalue weighted by atomic mass is 35.5. The van der Waals surface area contributed by atoms with Gasteiger partial charge in [-0.3, -0.25) is 9.59 Å². The molecule has 0 aliphatic heterocycles. The van der Waals surface area contributed by atoms with Gasteiger partial charge in [0.05, 0.1) is 29.9 Å². The minimum absolute atomic E-state index is 0.0420. The maximum Gasteiger partial charge on any atom is 0.310 e. The standard InChI is InChI=1S/C18H21ClFN3O3/c1-13(18(25)26-2)11-23(9-4-8-22-10-7-21-12-22)17(24)16-14(19)5-3-6-15(16)20/h3,5-7,10,12-13H,4,8-9,11H2,1-2H3. The third-order valence-corrected chi connectivity index (χ3v) is 4.28. The number of methoxy groups -OCH3 is 1. The van der Waals surface area contributed by atoms with E-state index in [1.54, 1.807) is 19.4 Å². The van der Waals surface area contributed by atoms with Crippen molar-refractivity contribution in [2.75, 3.05) is 20.2 Å². The Bertz CT molecular complexity index is 732. The predicted octanol–water partition coefficient (Wildman–Crippen LogP) is 3.02. The fraction of sp³-hybridized carbons (Fsp3) is 0.389. The molecule has 6 nitrogen and oxygen atoms in total. The van der Waals surface area contributed by atoms with E-state index in [2.05, 4.69) is 4.98 Å². The van der Waals surface area contributed by atoms with Crippen molar-refractivity contribution < 1.29 is 18.7 Å². The number of hydrogen-bond donors (Lipinski definition) is 0. The Hall–Kier alpha value is -2.41. The lowest BCUT2D eigenvalue weighted by molar-refractivity contribution is -0.145. The number of aromatic nitrogens is 2. The van der Waals surface area contributed by atoms with Crippen LogP contribution in [0.2, 0.25) is 5.02 Å². The number of ether oxygens (including phenoxy) is 1. The van der Waals surface area contributed by atoms with E-state index in [0.29, 0.717) is 19.5 Å². The molecule has 0 spiro atoms. The fourth-order valence-corrected chi connectivity index (χ4v) is 2.85. The van der Waals surface area contributed by atoms with Gasteiger partial charge in [0.15, 0.2) is 0 Å². The zero-order valence-corrected chi connectivity index (χ0v) is 15.4. The lowest BCUT2D eigenvalue weighted by Gasteiger charge is -2.26. The van der Waals surface area contributed by atoms with Crippen LogP contribution in [-0.2, 0) is 16.1 Å². The van der Waals surface area contributed by atoms with Gasteiger partial charge < -0.3 is 14.2 Å². The first-order valence-corrected chi connectivity index (χ1v) is 8.58. The van der Waals surface area contributed by atoms with E-state index >= 15 is 0 Å². The van der Waals surface area contributed by atoms with E-state index in [1.165, 1.54) is 30.2 Å². The summed E-state index contributed by atoms with van der Waals surface area (Å²) in [6, 6.07) is 4.09. The van der Waals surface area contributed by atoms with E-state index in [-0.39, 0.29) is 17.1 Å². The number of benzene rings is 1. The maximum atomic E-state index is 14.1.